The Morgan fingerprint density at radius 2 is 1.75 bits per heavy atom. The first-order chi connectivity index (χ1) is 13.3. The van der Waals surface area contributed by atoms with Crippen LogP contribution in [0.2, 0.25) is 0 Å². The van der Waals surface area contributed by atoms with Gasteiger partial charge in [0.25, 0.3) is 5.69 Å². The summed E-state index contributed by atoms with van der Waals surface area (Å²) in [5.74, 6) is -0.998. The predicted molar refractivity (Wildman–Crippen MR) is 101 cm³/mol. The number of para-hydroxylation sites is 1. The van der Waals surface area contributed by atoms with Gasteiger partial charge < -0.3 is 5.11 Å². The molecule has 1 N–H and O–H groups in total. The van der Waals surface area contributed by atoms with E-state index in [1.165, 1.54) is 34.6 Å². The Bertz CT molecular complexity index is 1000. The molecule has 1 aliphatic heterocycles. The molecule has 10 heteroatoms. The molecule has 3 rings (SSSR count). The minimum atomic E-state index is -3.96. The molecule has 0 aliphatic carbocycles. The van der Waals surface area contributed by atoms with E-state index in [4.69, 9.17) is 5.11 Å². The highest BCUT2D eigenvalue weighted by Crippen LogP contribution is 2.27. The van der Waals surface area contributed by atoms with Gasteiger partial charge in [-0.2, -0.15) is 4.31 Å². The molecule has 0 atom stereocenters. The molecule has 0 aromatic heterocycles. The van der Waals surface area contributed by atoms with Crippen molar-refractivity contribution in [2.75, 3.05) is 26.2 Å². The smallest absolute Gasteiger partial charge is 0.335 e. The molecule has 1 saturated heterocycles. The second-order valence-corrected chi connectivity index (χ2v) is 8.32. The summed E-state index contributed by atoms with van der Waals surface area (Å²) in [6.07, 6.45) is 0. The van der Waals surface area contributed by atoms with Crippen LogP contribution >= 0.6 is 0 Å². The highest BCUT2D eigenvalue weighted by atomic mass is 32.2. The number of carboxylic acid groups (broad SMARTS) is 1. The van der Waals surface area contributed by atoms with Gasteiger partial charge in [0.2, 0.25) is 10.0 Å². The molecular weight excluding hydrogens is 386 g/mol. The van der Waals surface area contributed by atoms with Crippen LogP contribution in [0.15, 0.2) is 53.4 Å². The maximum absolute atomic E-state index is 12.8. The zero-order valence-electron chi connectivity index (χ0n) is 14.9. The zero-order chi connectivity index (χ0) is 20.3. The second-order valence-electron chi connectivity index (χ2n) is 6.41. The van der Waals surface area contributed by atoms with Gasteiger partial charge in [0.15, 0.2) is 4.90 Å². The summed E-state index contributed by atoms with van der Waals surface area (Å²) in [6.45, 7) is 1.79. The lowest BCUT2D eigenvalue weighted by molar-refractivity contribution is -0.387. The molecule has 1 heterocycles. The third-order valence-corrected chi connectivity index (χ3v) is 6.54. The average molecular weight is 405 g/mol. The molecule has 0 bridgehead atoms. The fourth-order valence-corrected chi connectivity index (χ4v) is 4.73. The highest BCUT2D eigenvalue weighted by molar-refractivity contribution is 7.89. The number of carbonyl (C=O) groups is 1. The lowest BCUT2D eigenvalue weighted by Crippen LogP contribution is -2.48. The number of aromatic carboxylic acids is 1. The van der Waals surface area contributed by atoms with E-state index >= 15 is 0 Å². The summed E-state index contributed by atoms with van der Waals surface area (Å²) >= 11 is 0. The Balaban J connectivity index is 1.69. The van der Waals surface area contributed by atoms with Gasteiger partial charge >= 0.3 is 5.97 Å². The average Bonchev–Trinajstić information content (AvgIpc) is 2.68. The van der Waals surface area contributed by atoms with E-state index in [1.807, 2.05) is 11.0 Å². The number of hydrogen-bond donors (Lipinski definition) is 1. The molecule has 1 aliphatic rings. The summed E-state index contributed by atoms with van der Waals surface area (Å²) < 4.78 is 26.9. The quantitative estimate of drug-likeness (QED) is 0.574. The molecule has 9 nitrogen and oxygen atoms in total. The lowest BCUT2D eigenvalue weighted by Gasteiger charge is -2.33. The van der Waals surface area contributed by atoms with E-state index in [0.717, 1.165) is 5.56 Å². The van der Waals surface area contributed by atoms with Crippen LogP contribution in [-0.4, -0.2) is 59.8 Å². The number of carboxylic acids is 1. The summed E-state index contributed by atoms with van der Waals surface area (Å²) in [6, 6.07) is 11.9. The van der Waals surface area contributed by atoms with Crippen LogP contribution in [0.1, 0.15) is 15.9 Å². The van der Waals surface area contributed by atoms with E-state index in [1.54, 1.807) is 12.1 Å². The molecule has 0 spiro atoms. The first-order valence-corrected chi connectivity index (χ1v) is 10.0. The van der Waals surface area contributed by atoms with Gasteiger partial charge in [-0.3, -0.25) is 15.0 Å². The predicted octanol–water partition coefficient (Wildman–Crippen LogP) is 1.80. The SMILES string of the molecule is O=C(O)c1cccc(CN2CCN(S(=O)(=O)c3ccccc3[N+](=O)[O-])CC2)c1. The van der Waals surface area contributed by atoms with Gasteiger partial charge in [0.1, 0.15) is 0 Å². The molecule has 0 radical (unpaired) electrons. The van der Waals surface area contributed by atoms with E-state index in [9.17, 15) is 23.3 Å². The Labute approximate surface area is 162 Å². The second kappa shape index (κ2) is 8.05. The van der Waals surface area contributed by atoms with Crippen LogP contribution in [0.5, 0.6) is 0 Å². The molecule has 0 amide bonds. The first kappa shape index (κ1) is 19.9. The number of nitrogens with zero attached hydrogens (tertiary/aromatic N) is 3. The summed E-state index contributed by atoms with van der Waals surface area (Å²) in [7, 11) is -3.96. The van der Waals surface area contributed by atoms with E-state index in [0.29, 0.717) is 19.6 Å². The van der Waals surface area contributed by atoms with Crippen molar-refractivity contribution in [2.45, 2.75) is 11.4 Å². The van der Waals surface area contributed by atoms with Crippen molar-refractivity contribution in [2.24, 2.45) is 0 Å². The van der Waals surface area contributed by atoms with Crippen LogP contribution in [0, 0.1) is 10.1 Å². The minimum absolute atomic E-state index is 0.201. The minimum Gasteiger partial charge on any atom is -0.478 e. The largest absolute Gasteiger partial charge is 0.478 e. The fourth-order valence-electron chi connectivity index (χ4n) is 3.15. The van der Waals surface area contributed by atoms with Gasteiger partial charge in [-0.05, 0) is 23.8 Å². The number of nitro benzene ring substituents is 1. The topological polar surface area (TPSA) is 121 Å². The van der Waals surface area contributed by atoms with Gasteiger partial charge in [-0.25, -0.2) is 13.2 Å². The Morgan fingerprint density at radius 3 is 2.39 bits per heavy atom. The Morgan fingerprint density at radius 1 is 1.07 bits per heavy atom. The molecule has 148 valence electrons. The summed E-state index contributed by atoms with van der Waals surface area (Å²) in [5, 5.41) is 20.2. The number of rotatable bonds is 6. The normalized spacial score (nSPS) is 16.0. The first-order valence-electron chi connectivity index (χ1n) is 8.57. The third kappa shape index (κ3) is 4.19. The van der Waals surface area contributed by atoms with Gasteiger partial charge in [0.05, 0.1) is 10.5 Å². The lowest BCUT2D eigenvalue weighted by atomic mass is 10.1. The molecule has 0 saturated carbocycles. The number of benzene rings is 2. The summed E-state index contributed by atoms with van der Waals surface area (Å²) in [4.78, 5) is 23.2. The number of hydrogen-bond acceptors (Lipinski definition) is 6. The number of piperazine rings is 1. The van der Waals surface area contributed by atoms with E-state index < -0.39 is 26.6 Å². The standard InChI is InChI=1S/C18H19N3O6S/c22-18(23)15-5-3-4-14(12-15)13-19-8-10-20(11-9-19)28(26,27)17-7-2-1-6-16(17)21(24)25/h1-7,12H,8-11,13H2,(H,22,23). The highest BCUT2D eigenvalue weighted by Gasteiger charge is 2.33. The molecule has 28 heavy (non-hydrogen) atoms. The van der Waals surface area contributed by atoms with Crippen LogP contribution in [0.25, 0.3) is 0 Å². The molecule has 2 aromatic rings. The van der Waals surface area contributed by atoms with Crippen molar-refractivity contribution in [3.05, 3.63) is 69.8 Å². The third-order valence-electron chi connectivity index (χ3n) is 4.59. The molecular formula is C18H19N3O6S. The Kier molecular flexibility index (Phi) is 5.73. The van der Waals surface area contributed by atoms with Crippen LogP contribution < -0.4 is 0 Å². The molecule has 0 unspecified atom stereocenters. The number of nitro groups is 1. The van der Waals surface area contributed by atoms with Crippen molar-refractivity contribution in [1.82, 2.24) is 9.21 Å². The molecule has 2 aromatic carbocycles. The van der Waals surface area contributed by atoms with Gasteiger partial charge in [0, 0.05) is 38.8 Å². The van der Waals surface area contributed by atoms with Crippen LogP contribution in [0.3, 0.4) is 0 Å². The van der Waals surface area contributed by atoms with Crippen LogP contribution in [-0.2, 0) is 16.6 Å². The zero-order valence-corrected chi connectivity index (χ0v) is 15.7. The van der Waals surface area contributed by atoms with Crippen molar-refractivity contribution in [1.29, 1.82) is 0 Å². The van der Waals surface area contributed by atoms with E-state index in [-0.39, 0.29) is 23.5 Å². The van der Waals surface area contributed by atoms with Crippen molar-refractivity contribution in [3.63, 3.8) is 0 Å². The van der Waals surface area contributed by atoms with Crippen molar-refractivity contribution in [3.8, 4) is 0 Å². The number of sulfonamides is 1. The van der Waals surface area contributed by atoms with Crippen LogP contribution in [0.4, 0.5) is 5.69 Å². The summed E-state index contributed by atoms with van der Waals surface area (Å²) in [5.41, 5.74) is 0.598. The van der Waals surface area contributed by atoms with Gasteiger partial charge in [-0.15, -0.1) is 0 Å². The van der Waals surface area contributed by atoms with Crippen molar-refractivity contribution < 1.29 is 23.2 Å². The maximum atomic E-state index is 12.8. The van der Waals surface area contributed by atoms with Crippen molar-refractivity contribution >= 4 is 21.7 Å². The fraction of sp³-hybridized carbons (Fsp3) is 0.278. The molecule has 1 fully saturated rings. The maximum Gasteiger partial charge on any atom is 0.335 e. The Hall–Kier alpha value is -2.82. The monoisotopic (exact) mass is 405 g/mol. The van der Waals surface area contributed by atoms with E-state index in [2.05, 4.69) is 0 Å². The van der Waals surface area contributed by atoms with Gasteiger partial charge in [-0.1, -0.05) is 24.3 Å².